The quantitative estimate of drug-likeness (QED) is 0.913. The Labute approximate surface area is 111 Å². The summed E-state index contributed by atoms with van der Waals surface area (Å²) in [4.78, 5) is 0. The fraction of sp³-hybridized carbons (Fsp3) is 0.571. The Balaban J connectivity index is 2.38. The van der Waals surface area contributed by atoms with E-state index in [0.29, 0.717) is 6.61 Å². The molecule has 1 aromatic rings. The smallest absolute Gasteiger partial charge is 0.134 e. The molecule has 0 bridgehead atoms. The molecule has 2 rings (SSSR count). The van der Waals surface area contributed by atoms with Crippen molar-refractivity contribution in [3.05, 3.63) is 29.3 Å². The van der Waals surface area contributed by atoms with E-state index in [1.807, 2.05) is 6.92 Å². The normalized spacial score (nSPS) is 24.5. The van der Waals surface area contributed by atoms with Crippen molar-refractivity contribution in [2.45, 2.75) is 25.5 Å². The van der Waals surface area contributed by atoms with Crippen LogP contribution in [0.15, 0.2) is 12.1 Å². The van der Waals surface area contributed by atoms with Crippen LogP contribution < -0.4 is 10.1 Å². The van der Waals surface area contributed by atoms with Crippen molar-refractivity contribution in [2.24, 2.45) is 5.92 Å². The van der Waals surface area contributed by atoms with Crippen molar-refractivity contribution in [1.82, 2.24) is 5.32 Å². The summed E-state index contributed by atoms with van der Waals surface area (Å²) in [6.07, 6.45) is 0.685. The van der Waals surface area contributed by atoms with Gasteiger partial charge in [0, 0.05) is 24.3 Å². The van der Waals surface area contributed by atoms with Crippen LogP contribution in [0.1, 0.15) is 24.9 Å². The van der Waals surface area contributed by atoms with Gasteiger partial charge in [0.2, 0.25) is 0 Å². The summed E-state index contributed by atoms with van der Waals surface area (Å²) >= 11 is 0. The number of hydrogen-bond donors (Lipinski definition) is 1. The highest BCUT2D eigenvalue weighted by Crippen LogP contribution is 2.34. The van der Waals surface area contributed by atoms with Crippen LogP contribution in [0.5, 0.6) is 5.75 Å². The van der Waals surface area contributed by atoms with Gasteiger partial charge in [-0.1, -0.05) is 6.92 Å². The van der Waals surface area contributed by atoms with E-state index in [1.165, 1.54) is 19.2 Å². The zero-order valence-corrected chi connectivity index (χ0v) is 11.4. The average molecular weight is 271 g/mol. The molecule has 1 fully saturated rings. The van der Waals surface area contributed by atoms with Gasteiger partial charge in [-0.25, -0.2) is 8.78 Å². The summed E-state index contributed by atoms with van der Waals surface area (Å²) in [5.74, 6) is -0.787. The summed E-state index contributed by atoms with van der Waals surface area (Å²) in [7, 11) is 3.06. The molecule has 1 heterocycles. The lowest BCUT2D eigenvalue weighted by atomic mass is 9.92. The Morgan fingerprint density at radius 1 is 1.37 bits per heavy atom. The number of ether oxygens (including phenoxy) is 2. The van der Waals surface area contributed by atoms with Crippen LogP contribution in [0.4, 0.5) is 8.78 Å². The number of hydrogen-bond acceptors (Lipinski definition) is 3. The summed E-state index contributed by atoms with van der Waals surface area (Å²) in [6.45, 7) is 2.66. The maximum atomic E-state index is 14.1. The lowest BCUT2D eigenvalue weighted by molar-refractivity contribution is 0.0608. The predicted molar refractivity (Wildman–Crippen MR) is 68.2 cm³/mol. The summed E-state index contributed by atoms with van der Waals surface area (Å²) < 4.78 is 38.7. The number of methoxy groups -OCH3 is 1. The van der Waals surface area contributed by atoms with E-state index in [0.717, 1.165) is 6.42 Å². The molecular formula is C14H19F2NO2. The fourth-order valence-electron chi connectivity index (χ4n) is 2.59. The van der Waals surface area contributed by atoms with Crippen molar-refractivity contribution < 1.29 is 18.3 Å². The summed E-state index contributed by atoms with van der Waals surface area (Å²) in [5, 5.41) is 2.96. The molecule has 0 radical (unpaired) electrons. The van der Waals surface area contributed by atoms with Gasteiger partial charge in [0.05, 0.1) is 19.3 Å². The minimum Gasteiger partial charge on any atom is -0.497 e. The van der Waals surface area contributed by atoms with E-state index in [4.69, 9.17) is 9.47 Å². The molecule has 0 aliphatic carbocycles. The maximum absolute atomic E-state index is 14.1. The van der Waals surface area contributed by atoms with Crippen molar-refractivity contribution in [3.63, 3.8) is 0 Å². The second-order valence-electron chi connectivity index (χ2n) is 4.87. The zero-order chi connectivity index (χ0) is 14.0. The van der Waals surface area contributed by atoms with E-state index in [1.54, 1.807) is 7.05 Å². The van der Waals surface area contributed by atoms with Gasteiger partial charge in [-0.2, -0.15) is 0 Å². The largest absolute Gasteiger partial charge is 0.497 e. The van der Waals surface area contributed by atoms with Crippen molar-refractivity contribution in [2.75, 3.05) is 20.8 Å². The Hall–Kier alpha value is -1.20. The van der Waals surface area contributed by atoms with Gasteiger partial charge in [0.25, 0.3) is 0 Å². The van der Waals surface area contributed by atoms with Crippen molar-refractivity contribution in [1.29, 1.82) is 0 Å². The average Bonchev–Trinajstić information content (AvgIpc) is 2.79. The molecular weight excluding hydrogens is 252 g/mol. The van der Waals surface area contributed by atoms with E-state index in [2.05, 4.69) is 5.32 Å². The van der Waals surface area contributed by atoms with Crippen LogP contribution in [-0.4, -0.2) is 26.9 Å². The SMILES string of the molecule is CNC(c1c(F)cc(OC)cc1F)C1OCCC1C. The Morgan fingerprint density at radius 3 is 2.42 bits per heavy atom. The minimum atomic E-state index is -0.612. The number of benzene rings is 1. The lowest BCUT2D eigenvalue weighted by Gasteiger charge is -2.27. The highest BCUT2D eigenvalue weighted by molar-refractivity contribution is 5.33. The molecule has 1 saturated heterocycles. The van der Waals surface area contributed by atoms with Crippen LogP contribution >= 0.6 is 0 Å². The predicted octanol–water partition coefficient (Wildman–Crippen LogP) is 2.66. The Kier molecular flexibility index (Phi) is 4.37. The summed E-state index contributed by atoms with van der Waals surface area (Å²) in [6, 6.07) is 1.90. The van der Waals surface area contributed by atoms with Crippen LogP contribution in [-0.2, 0) is 4.74 Å². The first-order valence-corrected chi connectivity index (χ1v) is 6.40. The summed E-state index contributed by atoms with van der Waals surface area (Å²) in [5.41, 5.74) is 0.0158. The standard InChI is InChI=1S/C14H19F2NO2/c1-8-4-5-19-14(8)13(17-2)12-10(15)6-9(18-3)7-11(12)16/h6-8,13-14,17H,4-5H2,1-3H3. The minimum absolute atomic E-state index is 0.0158. The van der Waals surface area contributed by atoms with Gasteiger partial charge < -0.3 is 14.8 Å². The topological polar surface area (TPSA) is 30.5 Å². The molecule has 5 heteroatoms. The van der Waals surface area contributed by atoms with Crippen LogP contribution in [0.3, 0.4) is 0 Å². The van der Waals surface area contributed by atoms with E-state index >= 15 is 0 Å². The van der Waals surface area contributed by atoms with E-state index < -0.39 is 17.7 Å². The van der Waals surface area contributed by atoms with E-state index in [-0.39, 0.29) is 23.3 Å². The van der Waals surface area contributed by atoms with Crippen LogP contribution in [0.25, 0.3) is 0 Å². The lowest BCUT2D eigenvalue weighted by Crippen LogP contribution is -2.34. The van der Waals surface area contributed by atoms with Crippen molar-refractivity contribution >= 4 is 0 Å². The van der Waals surface area contributed by atoms with Gasteiger partial charge >= 0.3 is 0 Å². The highest BCUT2D eigenvalue weighted by Gasteiger charge is 2.35. The molecule has 1 aliphatic rings. The molecule has 1 aliphatic heterocycles. The molecule has 1 N–H and O–H groups in total. The van der Waals surface area contributed by atoms with Crippen LogP contribution in [0.2, 0.25) is 0 Å². The molecule has 0 spiro atoms. The number of likely N-dealkylation sites (N-methyl/N-ethyl adjacent to an activating group) is 1. The van der Waals surface area contributed by atoms with Crippen molar-refractivity contribution in [3.8, 4) is 5.75 Å². The number of halogens is 2. The molecule has 3 atom stereocenters. The number of nitrogens with one attached hydrogen (secondary N) is 1. The van der Waals surface area contributed by atoms with E-state index in [9.17, 15) is 8.78 Å². The molecule has 0 aromatic heterocycles. The fourth-order valence-corrected chi connectivity index (χ4v) is 2.59. The molecule has 3 nitrogen and oxygen atoms in total. The van der Waals surface area contributed by atoms with Crippen LogP contribution in [0, 0.1) is 17.6 Å². The highest BCUT2D eigenvalue weighted by atomic mass is 19.1. The maximum Gasteiger partial charge on any atom is 0.134 e. The first-order valence-electron chi connectivity index (χ1n) is 6.40. The first kappa shape index (κ1) is 14.2. The monoisotopic (exact) mass is 271 g/mol. The first-order chi connectivity index (χ1) is 9.08. The van der Waals surface area contributed by atoms with Gasteiger partial charge in [0.1, 0.15) is 17.4 Å². The Bertz CT molecular complexity index is 430. The third-order valence-corrected chi connectivity index (χ3v) is 3.68. The van der Waals surface area contributed by atoms with Gasteiger partial charge in [-0.15, -0.1) is 0 Å². The number of rotatable bonds is 4. The second kappa shape index (κ2) is 5.84. The molecule has 1 aromatic carbocycles. The van der Waals surface area contributed by atoms with Gasteiger partial charge in [-0.05, 0) is 19.4 Å². The Morgan fingerprint density at radius 2 is 2.00 bits per heavy atom. The third-order valence-electron chi connectivity index (χ3n) is 3.68. The molecule has 0 saturated carbocycles. The third kappa shape index (κ3) is 2.72. The molecule has 3 unspecified atom stereocenters. The molecule has 106 valence electrons. The second-order valence-corrected chi connectivity index (χ2v) is 4.87. The molecule has 0 amide bonds. The zero-order valence-electron chi connectivity index (χ0n) is 11.4. The molecule has 19 heavy (non-hydrogen) atoms. The van der Waals surface area contributed by atoms with Gasteiger partial charge in [-0.3, -0.25) is 0 Å². The van der Waals surface area contributed by atoms with Gasteiger partial charge in [0.15, 0.2) is 0 Å².